The van der Waals surface area contributed by atoms with Gasteiger partial charge >= 0.3 is 5.97 Å². The van der Waals surface area contributed by atoms with Crippen molar-refractivity contribution in [3.8, 4) is 17.1 Å². The summed E-state index contributed by atoms with van der Waals surface area (Å²) in [4.78, 5) is 30.3. The normalized spacial score (nSPS) is 19.9. The molecule has 1 atom stereocenters. The van der Waals surface area contributed by atoms with Crippen molar-refractivity contribution < 1.29 is 24.0 Å². The van der Waals surface area contributed by atoms with Crippen LogP contribution in [0.4, 0.5) is 0 Å². The molecule has 0 spiro atoms. The molecule has 2 aliphatic rings. The van der Waals surface area contributed by atoms with E-state index in [1.807, 2.05) is 6.07 Å². The summed E-state index contributed by atoms with van der Waals surface area (Å²) in [6.07, 6.45) is 3.42. The number of hydrogen-bond acceptors (Lipinski definition) is 7. The van der Waals surface area contributed by atoms with Crippen LogP contribution in [0.5, 0.6) is 5.75 Å². The summed E-state index contributed by atoms with van der Waals surface area (Å²) >= 11 is 0. The third kappa shape index (κ3) is 2.91. The van der Waals surface area contributed by atoms with Gasteiger partial charge in [0.25, 0.3) is 5.56 Å². The summed E-state index contributed by atoms with van der Waals surface area (Å²) < 4.78 is 19.1. The Morgan fingerprint density at radius 2 is 2.00 bits per heavy atom. The highest BCUT2D eigenvalue weighted by Gasteiger charge is 2.45. The smallest absolute Gasteiger partial charge is 0.343 e. The van der Waals surface area contributed by atoms with Gasteiger partial charge in [-0.05, 0) is 43.2 Å². The Morgan fingerprint density at radius 1 is 1.25 bits per heavy atom. The number of cyclic esters (lactones) is 1. The molecule has 0 fully saturated rings. The van der Waals surface area contributed by atoms with Crippen molar-refractivity contribution in [3.63, 3.8) is 0 Å². The van der Waals surface area contributed by atoms with Crippen molar-refractivity contribution in [3.05, 3.63) is 56.9 Å². The lowest BCUT2D eigenvalue weighted by Gasteiger charge is -2.31. The highest BCUT2D eigenvalue weighted by molar-refractivity contribution is 8.01. The van der Waals surface area contributed by atoms with Gasteiger partial charge in [0, 0.05) is 27.8 Å². The van der Waals surface area contributed by atoms with Gasteiger partial charge in [-0.3, -0.25) is 9.00 Å². The molecular formula is C23H24N2O6S. The monoisotopic (exact) mass is 456 g/mol. The van der Waals surface area contributed by atoms with Crippen molar-refractivity contribution in [2.24, 2.45) is 0 Å². The minimum absolute atomic E-state index is 0.0648. The number of nitrogens with zero attached hydrogens (tertiary/aromatic N) is 2. The Balaban J connectivity index is 1.75. The lowest BCUT2D eigenvalue weighted by atomic mass is 9.86. The molecule has 5 rings (SSSR count). The molecule has 168 valence electrons. The Labute approximate surface area is 184 Å². The highest BCUT2D eigenvalue weighted by atomic mass is 32.2. The number of carbonyl (C=O) groups excluding carboxylic acids is 1. The molecule has 0 saturated heterocycles. The number of esters is 1. The van der Waals surface area contributed by atoms with E-state index in [4.69, 9.17) is 9.72 Å². The summed E-state index contributed by atoms with van der Waals surface area (Å²) in [6.45, 7) is 1.75. The number of pyridine rings is 2. The first-order chi connectivity index (χ1) is 15.0. The zero-order chi connectivity index (χ0) is 23.0. The molecule has 4 heterocycles. The molecule has 2 aliphatic heterocycles. The zero-order valence-electron chi connectivity index (χ0n) is 18.0. The number of ether oxygens (including phenoxy) is 1. The first kappa shape index (κ1) is 20.8. The van der Waals surface area contributed by atoms with Crippen LogP contribution in [0.25, 0.3) is 22.3 Å². The molecule has 9 heteroatoms. The summed E-state index contributed by atoms with van der Waals surface area (Å²) in [5.41, 5.74) is 1.41. The van der Waals surface area contributed by atoms with Gasteiger partial charge < -0.3 is 19.5 Å². The van der Waals surface area contributed by atoms with E-state index >= 15 is 0 Å². The molecule has 2 aromatic heterocycles. The van der Waals surface area contributed by atoms with Crippen LogP contribution in [-0.2, 0) is 44.0 Å². The van der Waals surface area contributed by atoms with Gasteiger partial charge in [-0.25, -0.2) is 9.78 Å². The van der Waals surface area contributed by atoms with Crippen LogP contribution >= 0.6 is 0 Å². The quantitative estimate of drug-likeness (QED) is 0.316. The van der Waals surface area contributed by atoms with E-state index in [-0.39, 0.29) is 47.8 Å². The number of hydrogen-bond donors (Lipinski definition) is 3. The van der Waals surface area contributed by atoms with Crippen LogP contribution in [0.15, 0.2) is 29.1 Å². The Hall–Kier alpha value is -3.04. The molecule has 8 nitrogen and oxygen atoms in total. The lowest BCUT2D eigenvalue weighted by Crippen LogP contribution is -2.44. The third-order valence-corrected chi connectivity index (χ3v) is 7.39. The van der Waals surface area contributed by atoms with Crippen LogP contribution in [-0.4, -0.2) is 42.5 Å². The predicted molar refractivity (Wildman–Crippen MR) is 121 cm³/mol. The molecule has 0 radical (unpaired) electrons. The number of phenols is 1. The van der Waals surface area contributed by atoms with Gasteiger partial charge in [-0.2, -0.15) is 0 Å². The number of aromatic nitrogens is 2. The molecule has 0 amide bonds. The minimum Gasteiger partial charge on any atom is -0.508 e. The van der Waals surface area contributed by atoms with Gasteiger partial charge in [-0.1, -0.05) is 6.92 Å². The average molecular weight is 457 g/mol. The average Bonchev–Trinajstić information content (AvgIpc) is 3.09. The second-order valence-corrected chi connectivity index (χ2v) is 12.4. The molecule has 1 aromatic carbocycles. The lowest BCUT2D eigenvalue weighted by molar-refractivity contribution is -0.172. The maximum Gasteiger partial charge on any atom is 0.343 e. The Kier molecular flexibility index (Phi) is 4.38. The Morgan fingerprint density at radius 3 is 2.69 bits per heavy atom. The summed E-state index contributed by atoms with van der Waals surface area (Å²) in [6, 6.07) is 6.76. The van der Waals surface area contributed by atoms with Crippen molar-refractivity contribution in [2.45, 2.75) is 37.9 Å². The van der Waals surface area contributed by atoms with Crippen molar-refractivity contribution in [1.29, 1.82) is 0 Å². The van der Waals surface area contributed by atoms with Gasteiger partial charge in [0.2, 0.25) is 0 Å². The standard InChI is InChI=1S/C23H24N2O6S/c1-4-23(29)16-8-18-20-12(9-25(18)21(27)14(16)10-31-22(23)28)7-13-15(11-32(2,3)30)19(26)6-5-17(13)24-20/h5-8,26,29,32H,4,9-11H2,1-3H3/t23-/m0/s1. The van der Waals surface area contributed by atoms with E-state index in [2.05, 4.69) is 0 Å². The zero-order valence-corrected chi connectivity index (χ0v) is 18.9. The van der Waals surface area contributed by atoms with Crippen LogP contribution in [0, 0.1) is 0 Å². The van der Waals surface area contributed by atoms with Gasteiger partial charge in [0.15, 0.2) is 5.60 Å². The number of aliphatic hydroxyl groups is 1. The molecule has 0 bridgehead atoms. The van der Waals surface area contributed by atoms with Crippen LogP contribution in [0.3, 0.4) is 0 Å². The maximum absolute atomic E-state index is 13.2. The van der Waals surface area contributed by atoms with Gasteiger partial charge in [-0.15, -0.1) is 9.93 Å². The van der Waals surface area contributed by atoms with Crippen molar-refractivity contribution >= 4 is 26.8 Å². The van der Waals surface area contributed by atoms with Crippen LogP contribution in [0.2, 0.25) is 0 Å². The van der Waals surface area contributed by atoms with Crippen LogP contribution < -0.4 is 5.56 Å². The van der Waals surface area contributed by atoms with Crippen LogP contribution in [0.1, 0.15) is 35.6 Å². The van der Waals surface area contributed by atoms with E-state index in [1.165, 1.54) is 6.07 Å². The number of phenolic OH excluding ortho intramolecular Hbond substituents is 1. The number of fused-ring (bicyclic) bond motifs is 5. The van der Waals surface area contributed by atoms with Gasteiger partial charge in [0.1, 0.15) is 12.4 Å². The van der Waals surface area contributed by atoms with E-state index in [0.717, 1.165) is 5.56 Å². The Bertz CT molecular complexity index is 1440. The second-order valence-electron chi connectivity index (χ2n) is 8.96. The molecule has 3 aromatic rings. The summed E-state index contributed by atoms with van der Waals surface area (Å²) in [5, 5.41) is 22.1. The third-order valence-electron chi connectivity index (χ3n) is 6.32. The van der Waals surface area contributed by atoms with Gasteiger partial charge in [0.05, 0.1) is 29.0 Å². The predicted octanol–water partition coefficient (Wildman–Crippen LogP) is 1.56. The van der Waals surface area contributed by atoms with E-state index in [0.29, 0.717) is 27.9 Å². The highest BCUT2D eigenvalue weighted by Crippen LogP contribution is 2.39. The summed E-state index contributed by atoms with van der Waals surface area (Å²) in [5.74, 6) is -0.457. The fourth-order valence-electron chi connectivity index (χ4n) is 4.65. The number of aromatic hydroxyl groups is 1. The van der Waals surface area contributed by atoms with Crippen molar-refractivity contribution in [1.82, 2.24) is 9.55 Å². The molecular weight excluding hydrogens is 432 g/mol. The molecule has 2 N–H and O–H groups in total. The molecule has 0 saturated carbocycles. The van der Waals surface area contributed by atoms with E-state index in [9.17, 15) is 24.0 Å². The minimum atomic E-state index is -2.46. The van der Waals surface area contributed by atoms with E-state index in [1.54, 1.807) is 36.1 Å². The topological polar surface area (TPSA) is 119 Å². The maximum atomic E-state index is 13.2. The molecule has 0 unspecified atom stereocenters. The second kappa shape index (κ2) is 6.73. The van der Waals surface area contributed by atoms with E-state index < -0.39 is 21.5 Å². The number of rotatable bonds is 3. The SMILES string of the molecule is CC[C@@]1(O)C(=O)OCc2c1cc1n(c2=O)Cc2cc3c(C[SH](C)(C)=O)c(O)ccc3nc2-1. The number of thiol groups is 1. The molecule has 32 heavy (non-hydrogen) atoms. The fraction of sp³-hybridized carbons (Fsp3) is 0.348. The number of carbonyl (C=O) groups is 1. The fourth-order valence-corrected chi connectivity index (χ4v) is 5.74. The molecule has 0 aliphatic carbocycles. The number of benzene rings is 1. The first-order valence-corrected chi connectivity index (χ1v) is 13.2. The first-order valence-electron chi connectivity index (χ1n) is 10.4. The largest absolute Gasteiger partial charge is 0.508 e. The van der Waals surface area contributed by atoms with Crippen molar-refractivity contribution in [2.75, 3.05) is 12.5 Å². The summed E-state index contributed by atoms with van der Waals surface area (Å²) in [7, 11) is -2.46.